The van der Waals surface area contributed by atoms with Crippen LogP contribution >= 0.6 is 15.9 Å². The molecule has 0 saturated carbocycles. The van der Waals surface area contributed by atoms with Gasteiger partial charge in [0.1, 0.15) is 17.6 Å². The highest BCUT2D eigenvalue weighted by atomic mass is 79.9. The largest absolute Gasteiger partial charge is 0.494 e. The molecule has 96 valence electrons. The summed E-state index contributed by atoms with van der Waals surface area (Å²) < 4.78 is 8.32. The summed E-state index contributed by atoms with van der Waals surface area (Å²) in [5, 5.41) is 0. The lowest BCUT2D eigenvalue weighted by Gasteiger charge is -2.06. The molecule has 0 aliphatic heterocycles. The van der Waals surface area contributed by atoms with Crippen molar-refractivity contribution in [1.29, 1.82) is 0 Å². The maximum atomic E-state index is 5.43. The Balaban J connectivity index is 2.04. The smallest absolute Gasteiger partial charge is 0.164 e. The van der Waals surface area contributed by atoms with Crippen LogP contribution in [0.15, 0.2) is 47.3 Å². The van der Waals surface area contributed by atoms with Gasteiger partial charge in [0.05, 0.1) is 6.61 Å². The number of aromatic nitrogens is 3. The molecule has 3 aromatic rings. The standard InChI is InChI=1S/C14H12BrN3O/c1-2-19-12-5-3-11(4-6-12)18-9-17-13-7-10(15)8-16-14(13)18/h3-9H,2H2,1H3. The van der Waals surface area contributed by atoms with Crippen molar-refractivity contribution in [1.82, 2.24) is 14.5 Å². The molecule has 0 saturated heterocycles. The number of hydrogen-bond acceptors (Lipinski definition) is 3. The molecule has 5 heteroatoms. The quantitative estimate of drug-likeness (QED) is 0.741. The number of halogens is 1. The molecule has 0 bridgehead atoms. The second-order valence-electron chi connectivity index (χ2n) is 4.04. The molecule has 0 fully saturated rings. The maximum Gasteiger partial charge on any atom is 0.164 e. The number of benzene rings is 1. The Bertz CT molecular complexity index is 706. The van der Waals surface area contributed by atoms with E-state index < -0.39 is 0 Å². The van der Waals surface area contributed by atoms with Gasteiger partial charge in [0.2, 0.25) is 0 Å². The van der Waals surface area contributed by atoms with Gasteiger partial charge in [-0.1, -0.05) is 0 Å². The molecule has 3 rings (SSSR count). The van der Waals surface area contributed by atoms with Crippen LogP contribution in [0.3, 0.4) is 0 Å². The van der Waals surface area contributed by atoms with Crippen molar-refractivity contribution in [3.63, 3.8) is 0 Å². The third-order valence-electron chi connectivity index (χ3n) is 2.78. The number of nitrogens with zero attached hydrogens (tertiary/aromatic N) is 3. The summed E-state index contributed by atoms with van der Waals surface area (Å²) in [6.07, 6.45) is 3.55. The summed E-state index contributed by atoms with van der Waals surface area (Å²) in [6, 6.07) is 9.84. The first-order valence-corrected chi connectivity index (χ1v) is 6.79. The van der Waals surface area contributed by atoms with E-state index in [9.17, 15) is 0 Å². The summed E-state index contributed by atoms with van der Waals surface area (Å²) in [4.78, 5) is 8.75. The third kappa shape index (κ3) is 2.33. The monoisotopic (exact) mass is 317 g/mol. The zero-order valence-electron chi connectivity index (χ0n) is 10.4. The molecule has 2 heterocycles. The van der Waals surface area contributed by atoms with Gasteiger partial charge in [-0.15, -0.1) is 0 Å². The molecule has 0 radical (unpaired) electrons. The Hall–Kier alpha value is -1.88. The lowest BCUT2D eigenvalue weighted by Crippen LogP contribution is -1.95. The number of ether oxygens (including phenoxy) is 1. The minimum Gasteiger partial charge on any atom is -0.494 e. The SMILES string of the molecule is CCOc1ccc(-n2cnc3cc(Br)cnc32)cc1. The highest BCUT2D eigenvalue weighted by molar-refractivity contribution is 9.10. The zero-order valence-corrected chi connectivity index (χ0v) is 12.0. The summed E-state index contributed by atoms with van der Waals surface area (Å²) in [7, 11) is 0. The van der Waals surface area contributed by atoms with Crippen molar-refractivity contribution in [3.05, 3.63) is 47.3 Å². The fourth-order valence-corrected chi connectivity index (χ4v) is 2.25. The molecule has 0 N–H and O–H groups in total. The summed E-state index contributed by atoms with van der Waals surface area (Å²) >= 11 is 3.40. The number of fused-ring (bicyclic) bond motifs is 1. The minimum atomic E-state index is 0.670. The number of pyridine rings is 1. The molecular formula is C14H12BrN3O. The second kappa shape index (κ2) is 5.01. The summed E-state index contributed by atoms with van der Waals surface area (Å²) in [5.74, 6) is 0.867. The van der Waals surface area contributed by atoms with E-state index in [1.165, 1.54) is 0 Å². The van der Waals surface area contributed by atoms with Gasteiger partial charge in [0.15, 0.2) is 5.65 Å². The molecule has 2 aromatic heterocycles. The van der Waals surface area contributed by atoms with Crippen molar-refractivity contribution in [3.8, 4) is 11.4 Å². The van der Waals surface area contributed by atoms with Crippen LogP contribution in [0.2, 0.25) is 0 Å². The van der Waals surface area contributed by atoms with Crippen LogP contribution < -0.4 is 4.74 Å². The topological polar surface area (TPSA) is 39.9 Å². The Morgan fingerprint density at radius 3 is 2.74 bits per heavy atom. The van der Waals surface area contributed by atoms with Crippen molar-refractivity contribution in [2.24, 2.45) is 0 Å². The van der Waals surface area contributed by atoms with E-state index in [0.29, 0.717) is 6.61 Å². The van der Waals surface area contributed by atoms with Crippen LogP contribution in [-0.4, -0.2) is 21.1 Å². The Morgan fingerprint density at radius 1 is 1.21 bits per heavy atom. The zero-order chi connectivity index (χ0) is 13.2. The van der Waals surface area contributed by atoms with E-state index in [1.54, 1.807) is 12.5 Å². The maximum absolute atomic E-state index is 5.43. The normalized spacial score (nSPS) is 10.8. The third-order valence-corrected chi connectivity index (χ3v) is 3.21. The highest BCUT2D eigenvalue weighted by Crippen LogP contribution is 2.21. The molecular weight excluding hydrogens is 306 g/mol. The molecule has 0 atom stereocenters. The van der Waals surface area contributed by atoms with Gasteiger partial charge >= 0.3 is 0 Å². The van der Waals surface area contributed by atoms with Crippen LogP contribution in [0, 0.1) is 0 Å². The van der Waals surface area contributed by atoms with Crippen LogP contribution in [0.25, 0.3) is 16.9 Å². The van der Waals surface area contributed by atoms with Gasteiger partial charge in [-0.2, -0.15) is 0 Å². The molecule has 0 unspecified atom stereocenters. The van der Waals surface area contributed by atoms with E-state index >= 15 is 0 Å². The van der Waals surface area contributed by atoms with Crippen molar-refractivity contribution in [2.75, 3.05) is 6.61 Å². The first-order valence-electron chi connectivity index (χ1n) is 6.00. The van der Waals surface area contributed by atoms with Gasteiger partial charge in [0, 0.05) is 16.4 Å². The highest BCUT2D eigenvalue weighted by Gasteiger charge is 2.06. The van der Waals surface area contributed by atoms with E-state index in [0.717, 1.165) is 27.1 Å². The Kier molecular flexibility index (Phi) is 3.21. The summed E-state index contributed by atoms with van der Waals surface area (Å²) in [6.45, 7) is 2.64. The van der Waals surface area contributed by atoms with Gasteiger partial charge in [-0.3, -0.25) is 4.57 Å². The minimum absolute atomic E-state index is 0.670. The van der Waals surface area contributed by atoms with Gasteiger partial charge in [0.25, 0.3) is 0 Å². The van der Waals surface area contributed by atoms with Crippen LogP contribution in [-0.2, 0) is 0 Å². The lowest BCUT2D eigenvalue weighted by atomic mass is 10.3. The molecule has 0 spiro atoms. The fraction of sp³-hybridized carbons (Fsp3) is 0.143. The predicted octanol–water partition coefficient (Wildman–Crippen LogP) is 3.58. The van der Waals surface area contributed by atoms with Crippen molar-refractivity contribution >= 4 is 27.1 Å². The van der Waals surface area contributed by atoms with E-state index in [2.05, 4.69) is 25.9 Å². The second-order valence-corrected chi connectivity index (χ2v) is 4.95. The number of hydrogen-bond donors (Lipinski definition) is 0. The van der Waals surface area contributed by atoms with Crippen LogP contribution in [0.5, 0.6) is 5.75 Å². The van der Waals surface area contributed by atoms with Crippen LogP contribution in [0.1, 0.15) is 6.92 Å². The van der Waals surface area contributed by atoms with E-state index in [4.69, 9.17) is 4.74 Å². The van der Waals surface area contributed by atoms with Gasteiger partial charge in [-0.05, 0) is 53.2 Å². The average Bonchev–Trinajstić information content (AvgIpc) is 2.83. The van der Waals surface area contributed by atoms with Crippen molar-refractivity contribution in [2.45, 2.75) is 6.92 Å². The van der Waals surface area contributed by atoms with Gasteiger partial charge in [-0.25, -0.2) is 9.97 Å². The van der Waals surface area contributed by atoms with Crippen molar-refractivity contribution < 1.29 is 4.74 Å². The molecule has 0 aliphatic rings. The lowest BCUT2D eigenvalue weighted by molar-refractivity contribution is 0.340. The fourth-order valence-electron chi connectivity index (χ4n) is 1.94. The van der Waals surface area contributed by atoms with Crippen LogP contribution in [0.4, 0.5) is 0 Å². The predicted molar refractivity (Wildman–Crippen MR) is 77.7 cm³/mol. The summed E-state index contributed by atoms with van der Waals surface area (Å²) in [5.41, 5.74) is 2.72. The molecule has 1 aromatic carbocycles. The van der Waals surface area contributed by atoms with Gasteiger partial charge < -0.3 is 4.74 Å². The first-order chi connectivity index (χ1) is 9.28. The first kappa shape index (κ1) is 12.2. The average molecular weight is 318 g/mol. The molecule has 0 aliphatic carbocycles. The molecule has 4 nitrogen and oxygen atoms in total. The number of imidazole rings is 1. The molecule has 19 heavy (non-hydrogen) atoms. The number of rotatable bonds is 3. The Labute approximate surface area is 119 Å². The Morgan fingerprint density at radius 2 is 2.00 bits per heavy atom. The van der Waals surface area contributed by atoms with E-state index in [-0.39, 0.29) is 0 Å². The van der Waals surface area contributed by atoms with E-state index in [1.807, 2.05) is 41.8 Å². The molecule has 0 amide bonds.